The fraction of sp³-hybridized carbons (Fsp3) is 0.458. The quantitative estimate of drug-likeness (QED) is 0.520. The Morgan fingerprint density at radius 2 is 1.86 bits per heavy atom. The van der Waals surface area contributed by atoms with Crippen LogP contribution in [0.1, 0.15) is 49.4 Å². The van der Waals surface area contributed by atoms with Crippen molar-refractivity contribution in [2.75, 3.05) is 19.8 Å². The minimum Gasteiger partial charge on any atom is -0.381 e. The van der Waals surface area contributed by atoms with Gasteiger partial charge in [-0.25, -0.2) is 4.99 Å². The molecule has 0 bridgehead atoms. The number of nitrogens with zero attached hydrogens (tertiary/aromatic N) is 1. The molecule has 2 aromatic rings. The van der Waals surface area contributed by atoms with Gasteiger partial charge in [-0.3, -0.25) is 0 Å². The Balaban J connectivity index is 1.57. The third-order valence-corrected chi connectivity index (χ3v) is 5.06. The van der Waals surface area contributed by atoms with Crippen molar-refractivity contribution in [1.82, 2.24) is 10.6 Å². The Hall–Kier alpha value is -2.37. The molecule has 0 spiro atoms. The summed E-state index contributed by atoms with van der Waals surface area (Å²) in [5.41, 5.74) is 3.62. The van der Waals surface area contributed by atoms with Crippen LogP contribution in [0.3, 0.4) is 0 Å². The smallest absolute Gasteiger partial charge is 0.192 e. The molecule has 1 aliphatic heterocycles. The van der Waals surface area contributed by atoms with E-state index < -0.39 is 0 Å². The first-order valence-corrected chi connectivity index (χ1v) is 10.6. The number of rotatable bonds is 8. The van der Waals surface area contributed by atoms with Crippen molar-refractivity contribution in [3.05, 3.63) is 71.3 Å². The molecule has 0 saturated carbocycles. The maximum absolute atomic E-state index is 6.05. The standard InChI is InChI=1S/C24H33N3O2/c1-3-25-24(27-19(2)22-10-5-4-6-11-22)26-17-20-8-7-9-21(16-20)18-29-23-12-14-28-15-13-23/h4-11,16,19,23H,3,12-15,17-18H2,1-2H3,(H2,25,26,27). The lowest BCUT2D eigenvalue weighted by molar-refractivity contribution is -0.0390. The molecule has 3 rings (SSSR count). The minimum absolute atomic E-state index is 0.188. The molecule has 1 saturated heterocycles. The molecule has 0 radical (unpaired) electrons. The molecule has 0 aromatic heterocycles. The molecule has 29 heavy (non-hydrogen) atoms. The van der Waals surface area contributed by atoms with E-state index in [0.29, 0.717) is 19.3 Å². The summed E-state index contributed by atoms with van der Waals surface area (Å²) in [5.74, 6) is 0.827. The van der Waals surface area contributed by atoms with Gasteiger partial charge in [-0.15, -0.1) is 0 Å². The lowest BCUT2D eigenvalue weighted by Crippen LogP contribution is -2.38. The molecule has 156 valence electrons. The molecule has 2 aromatic carbocycles. The summed E-state index contributed by atoms with van der Waals surface area (Å²) in [7, 11) is 0. The lowest BCUT2D eigenvalue weighted by atomic mass is 10.1. The molecule has 5 heteroatoms. The Kier molecular flexibility index (Phi) is 8.53. The Labute approximate surface area is 174 Å². The fourth-order valence-corrected chi connectivity index (χ4v) is 3.39. The summed E-state index contributed by atoms with van der Waals surface area (Å²) in [4.78, 5) is 4.78. The van der Waals surface area contributed by atoms with E-state index in [0.717, 1.165) is 38.6 Å². The van der Waals surface area contributed by atoms with E-state index >= 15 is 0 Å². The first-order chi connectivity index (χ1) is 14.2. The Morgan fingerprint density at radius 1 is 1.10 bits per heavy atom. The Morgan fingerprint density at radius 3 is 2.62 bits per heavy atom. The minimum atomic E-state index is 0.188. The van der Waals surface area contributed by atoms with Crippen LogP contribution in [0.15, 0.2) is 59.6 Å². The van der Waals surface area contributed by atoms with Gasteiger partial charge in [-0.2, -0.15) is 0 Å². The lowest BCUT2D eigenvalue weighted by Gasteiger charge is -2.22. The molecule has 0 amide bonds. The number of hydrogen-bond donors (Lipinski definition) is 2. The predicted octanol–water partition coefficient (Wildman–Crippen LogP) is 4.20. The van der Waals surface area contributed by atoms with Gasteiger partial charge in [0.1, 0.15) is 0 Å². The number of nitrogens with one attached hydrogen (secondary N) is 2. The maximum atomic E-state index is 6.05. The average Bonchev–Trinajstić information content (AvgIpc) is 2.78. The molecule has 0 aliphatic carbocycles. The monoisotopic (exact) mass is 395 g/mol. The topological polar surface area (TPSA) is 54.9 Å². The first-order valence-electron chi connectivity index (χ1n) is 10.6. The predicted molar refractivity (Wildman–Crippen MR) is 118 cm³/mol. The van der Waals surface area contributed by atoms with Gasteiger partial charge in [0.05, 0.1) is 25.3 Å². The van der Waals surface area contributed by atoms with Gasteiger partial charge in [-0.05, 0) is 43.4 Å². The van der Waals surface area contributed by atoms with E-state index in [-0.39, 0.29) is 6.04 Å². The van der Waals surface area contributed by atoms with Gasteiger partial charge in [0.15, 0.2) is 5.96 Å². The van der Waals surface area contributed by atoms with Crippen molar-refractivity contribution in [2.24, 2.45) is 4.99 Å². The van der Waals surface area contributed by atoms with Gasteiger partial charge in [0, 0.05) is 19.8 Å². The summed E-state index contributed by atoms with van der Waals surface area (Å²) in [6, 6.07) is 19.1. The third-order valence-electron chi connectivity index (χ3n) is 5.06. The van der Waals surface area contributed by atoms with E-state index in [1.54, 1.807) is 0 Å². The van der Waals surface area contributed by atoms with Crippen molar-refractivity contribution in [1.29, 1.82) is 0 Å². The van der Waals surface area contributed by atoms with E-state index in [4.69, 9.17) is 14.5 Å². The zero-order valence-electron chi connectivity index (χ0n) is 17.6. The molecular weight excluding hydrogens is 362 g/mol. The van der Waals surface area contributed by atoms with Crippen LogP contribution in [-0.2, 0) is 22.6 Å². The molecule has 1 unspecified atom stereocenters. The van der Waals surface area contributed by atoms with Gasteiger partial charge in [0.2, 0.25) is 0 Å². The summed E-state index contributed by atoms with van der Waals surface area (Å²) >= 11 is 0. The first kappa shape index (κ1) is 21.3. The number of ether oxygens (including phenoxy) is 2. The molecular formula is C24H33N3O2. The third kappa shape index (κ3) is 7.18. The van der Waals surface area contributed by atoms with E-state index in [2.05, 4.69) is 73.0 Å². The zero-order chi connectivity index (χ0) is 20.3. The second-order valence-electron chi connectivity index (χ2n) is 7.41. The van der Waals surface area contributed by atoms with Crippen LogP contribution in [0.5, 0.6) is 0 Å². The highest BCUT2D eigenvalue weighted by atomic mass is 16.5. The van der Waals surface area contributed by atoms with E-state index in [9.17, 15) is 0 Å². The molecule has 1 atom stereocenters. The van der Waals surface area contributed by atoms with Crippen LogP contribution in [-0.4, -0.2) is 31.8 Å². The number of guanidine groups is 1. The van der Waals surface area contributed by atoms with E-state index in [1.807, 2.05) is 6.07 Å². The molecule has 5 nitrogen and oxygen atoms in total. The van der Waals surface area contributed by atoms with Gasteiger partial charge >= 0.3 is 0 Å². The second-order valence-corrected chi connectivity index (χ2v) is 7.41. The second kappa shape index (κ2) is 11.6. The highest BCUT2D eigenvalue weighted by Gasteiger charge is 2.14. The van der Waals surface area contributed by atoms with Crippen molar-refractivity contribution >= 4 is 5.96 Å². The summed E-state index contributed by atoms with van der Waals surface area (Å²) in [5, 5.41) is 6.83. The molecule has 1 heterocycles. The number of benzene rings is 2. The van der Waals surface area contributed by atoms with E-state index in [1.165, 1.54) is 16.7 Å². The molecule has 2 N–H and O–H groups in total. The fourth-order valence-electron chi connectivity index (χ4n) is 3.39. The molecule has 1 aliphatic rings. The summed E-state index contributed by atoms with van der Waals surface area (Å²) in [6.45, 7) is 7.94. The zero-order valence-corrected chi connectivity index (χ0v) is 17.6. The number of hydrogen-bond acceptors (Lipinski definition) is 3. The van der Waals surface area contributed by atoms with Gasteiger partial charge < -0.3 is 20.1 Å². The van der Waals surface area contributed by atoms with Crippen molar-refractivity contribution in [2.45, 2.75) is 52.0 Å². The maximum Gasteiger partial charge on any atom is 0.192 e. The SMILES string of the molecule is CCNC(=NCc1cccc(COC2CCOCC2)c1)NC(C)c1ccccc1. The van der Waals surface area contributed by atoms with Gasteiger partial charge in [-0.1, -0.05) is 54.6 Å². The van der Waals surface area contributed by atoms with Crippen LogP contribution >= 0.6 is 0 Å². The van der Waals surface area contributed by atoms with Crippen LogP contribution in [0.4, 0.5) is 0 Å². The molecule has 1 fully saturated rings. The summed E-state index contributed by atoms with van der Waals surface area (Å²) < 4.78 is 11.4. The van der Waals surface area contributed by atoms with Crippen LogP contribution in [0.25, 0.3) is 0 Å². The average molecular weight is 396 g/mol. The Bertz CT molecular complexity index is 758. The van der Waals surface area contributed by atoms with Crippen molar-refractivity contribution < 1.29 is 9.47 Å². The van der Waals surface area contributed by atoms with Crippen LogP contribution in [0.2, 0.25) is 0 Å². The van der Waals surface area contributed by atoms with Crippen molar-refractivity contribution in [3.8, 4) is 0 Å². The summed E-state index contributed by atoms with van der Waals surface area (Å²) in [6.07, 6.45) is 2.29. The van der Waals surface area contributed by atoms with Crippen LogP contribution in [0, 0.1) is 0 Å². The van der Waals surface area contributed by atoms with Gasteiger partial charge in [0.25, 0.3) is 0 Å². The normalized spacial score (nSPS) is 16.4. The van der Waals surface area contributed by atoms with Crippen molar-refractivity contribution in [3.63, 3.8) is 0 Å². The van der Waals surface area contributed by atoms with Crippen LogP contribution < -0.4 is 10.6 Å². The number of aliphatic imine (C=N–C) groups is 1. The highest BCUT2D eigenvalue weighted by molar-refractivity contribution is 5.80. The highest BCUT2D eigenvalue weighted by Crippen LogP contribution is 2.15. The largest absolute Gasteiger partial charge is 0.381 e.